The lowest BCUT2D eigenvalue weighted by molar-refractivity contribution is -0.137. The third-order valence-corrected chi connectivity index (χ3v) is 6.01. The van der Waals surface area contributed by atoms with Crippen molar-refractivity contribution in [3.63, 3.8) is 0 Å². The van der Waals surface area contributed by atoms with Gasteiger partial charge in [0.2, 0.25) is 11.9 Å². The van der Waals surface area contributed by atoms with Crippen molar-refractivity contribution in [1.82, 2.24) is 25.3 Å². The van der Waals surface area contributed by atoms with E-state index < -0.39 is 11.7 Å². The topological polar surface area (TPSA) is 122 Å². The Labute approximate surface area is 188 Å². The van der Waals surface area contributed by atoms with Crippen LogP contribution in [-0.4, -0.2) is 38.4 Å². The third kappa shape index (κ3) is 5.18. The van der Waals surface area contributed by atoms with Crippen LogP contribution in [0, 0.1) is 5.92 Å². The van der Waals surface area contributed by atoms with Gasteiger partial charge in [-0.2, -0.15) is 13.2 Å². The molecule has 1 aliphatic carbocycles. The molecule has 1 saturated carbocycles. The van der Waals surface area contributed by atoms with Crippen molar-refractivity contribution >= 4 is 28.6 Å². The standard InChI is InChI=1S/C22H26F3N7O/c1-2-18(33)31-14-5-3-12(4-6-14)8-29-21-30-11-17(26)19(32-21)16-10-28-20-15(16)7-13(9-27-20)22(23,24)25/h7,9-12,14H,2-6,8,26H2,1H3,(H,27,28)(H,31,33)(H,29,30,32). The van der Waals surface area contributed by atoms with Gasteiger partial charge in [-0.15, -0.1) is 0 Å². The first-order valence-corrected chi connectivity index (χ1v) is 10.9. The van der Waals surface area contributed by atoms with E-state index in [1.807, 2.05) is 6.92 Å². The largest absolute Gasteiger partial charge is 0.417 e. The number of nitrogens with one attached hydrogen (secondary N) is 3. The molecule has 0 spiro atoms. The van der Waals surface area contributed by atoms with Crippen LogP contribution in [0.3, 0.4) is 0 Å². The van der Waals surface area contributed by atoms with Gasteiger partial charge in [0, 0.05) is 42.4 Å². The number of anilines is 2. The van der Waals surface area contributed by atoms with Gasteiger partial charge in [-0.05, 0) is 37.7 Å². The number of carbonyl (C=O) groups excluding carboxylic acids is 1. The summed E-state index contributed by atoms with van der Waals surface area (Å²) < 4.78 is 39.5. The summed E-state index contributed by atoms with van der Waals surface area (Å²) in [5.74, 6) is 0.847. The van der Waals surface area contributed by atoms with Gasteiger partial charge in [0.1, 0.15) is 11.3 Å². The number of hydrogen-bond acceptors (Lipinski definition) is 6. The number of aromatic amines is 1. The first kappa shape index (κ1) is 22.8. The number of amides is 1. The number of carbonyl (C=O) groups is 1. The number of nitrogens with zero attached hydrogens (tertiary/aromatic N) is 3. The molecule has 0 aromatic carbocycles. The number of nitrogens with two attached hydrogens (primary N) is 1. The summed E-state index contributed by atoms with van der Waals surface area (Å²) in [4.78, 5) is 27.0. The Bertz CT molecular complexity index is 1140. The molecule has 0 bridgehead atoms. The second-order valence-electron chi connectivity index (χ2n) is 8.34. The Morgan fingerprint density at radius 2 is 1.97 bits per heavy atom. The number of pyridine rings is 1. The second-order valence-corrected chi connectivity index (χ2v) is 8.34. The van der Waals surface area contributed by atoms with E-state index in [-0.39, 0.29) is 23.0 Å². The van der Waals surface area contributed by atoms with E-state index in [0.717, 1.165) is 37.9 Å². The summed E-state index contributed by atoms with van der Waals surface area (Å²) in [5.41, 5.74) is 6.56. The second kappa shape index (κ2) is 9.24. The summed E-state index contributed by atoms with van der Waals surface area (Å²) in [6.45, 7) is 2.50. The van der Waals surface area contributed by atoms with Gasteiger partial charge in [-0.1, -0.05) is 6.92 Å². The summed E-state index contributed by atoms with van der Waals surface area (Å²) >= 11 is 0. The lowest BCUT2D eigenvalue weighted by atomic mass is 9.86. The molecule has 8 nitrogen and oxygen atoms in total. The minimum atomic E-state index is -4.50. The molecule has 176 valence electrons. The Kier molecular flexibility index (Phi) is 6.39. The first-order valence-electron chi connectivity index (χ1n) is 10.9. The monoisotopic (exact) mass is 461 g/mol. The van der Waals surface area contributed by atoms with Crippen LogP contribution >= 0.6 is 0 Å². The van der Waals surface area contributed by atoms with E-state index >= 15 is 0 Å². The molecule has 3 heterocycles. The molecular weight excluding hydrogens is 435 g/mol. The number of hydrogen-bond donors (Lipinski definition) is 4. The van der Waals surface area contributed by atoms with Crippen molar-refractivity contribution in [3.8, 4) is 11.3 Å². The number of nitrogen functional groups attached to an aromatic ring is 1. The van der Waals surface area contributed by atoms with E-state index in [1.165, 1.54) is 6.20 Å². The molecule has 0 aliphatic heterocycles. The van der Waals surface area contributed by atoms with Crippen molar-refractivity contribution in [2.45, 2.75) is 51.2 Å². The fourth-order valence-corrected chi connectivity index (χ4v) is 4.12. The average molecular weight is 461 g/mol. The highest BCUT2D eigenvalue weighted by Crippen LogP contribution is 2.35. The van der Waals surface area contributed by atoms with Gasteiger partial charge in [-0.25, -0.2) is 15.0 Å². The van der Waals surface area contributed by atoms with Crippen LogP contribution in [0.1, 0.15) is 44.6 Å². The highest BCUT2D eigenvalue weighted by Gasteiger charge is 2.31. The zero-order chi connectivity index (χ0) is 23.6. The average Bonchev–Trinajstić information content (AvgIpc) is 3.22. The molecule has 3 aromatic rings. The molecule has 11 heteroatoms. The van der Waals surface area contributed by atoms with E-state index in [4.69, 9.17) is 5.73 Å². The molecule has 5 N–H and O–H groups in total. The number of rotatable bonds is 6. The molecule has 3 aromatic heterocycles. The minimum absolute atomic E-state index is 0.0780. The van der Waals surface area contributed by atoms with E-state index in [9.17, 15) is 18.0 Å². The smallest absolute Gasteiger partial charge is 0.396 e. The number of aromatic nitrogens is 4. The highest BCUT2D eigenvalue weighted by atomic mass is 19.4. The Balaban J connectivity index is 1.46. The fourth-order valence-electron chi connectivity index (χ4n) is 4.12. The highest BCUT2D eigenvalue weighted by molar-refractivity contribution is 5.95. The maximum Gasteiger partial charge on any atom is 0.417 e. The van der Waals surface area contributed by atoms with Crippen molar-refractivity contribution < 1.29 is 18.0 Å². The third-order valence-electron chi connectivity index (χ3n) is 6.01. The van der Waals surface area contributed by atoms with E-state index in [1.54, 1.807) is 6.20 Å². The molecule has 0 saturated heterocycles. The van der Waals surface area contributed by atoms with Gasteiger partial charge in [0.05, 0.1) is 17.4 Å². The van der Waals surface area contributed by atoms with Crippen LogP contribution in [0.25, 0.3) is 22.3 Å². The van der Waals surface area contributed by atoms with E-state index in [2.05, 4.69) is 30.6 Å². The lowest BCUT2D eigenvalue weighted by Gasteiger charge is -2.29. The quantitative estimate of drug-likeness (QED) is 0.438. The minimum Gasteiger partial charge on any atom is -0.396 e. The van der Waals surface area contributed by atoms with Crippen molar-refractivity contribution in [2.75, 3.05) is 17.6 Å². The zero-order valence-electron chi connectivity index (χ0n) is 18.2. The van der Waals surface area contributed by atoms with Crippen LogP contribution in [0.4, 0.5) is 24.8 Å². The Morgan fingerprint density at radius 3 is 2.67 bits per heavy atom. The van der Waals surface area contributed by atoms with Crippen LogP contribution in [0.2, 0.25) is 0 Å². The Hall–Kier alpha value is -3.37. The molecule has 1 aliphatic rings. The molecule has 1 amide bonds. The molecule has 0 radical (unpaired) electrons. The van der Waals surface area contributed by atoms with Crippen LogP contribution in [-0.2, 0) is 11.0 Å². The lowest BCUT2D eigenvalue weighted by Crippen LogP contribution is -2.38. The Morgan fingerprint density at radius 1 is 1.21 bits per heavy atom. The number of fused-ring (bicyclic) bond motifs is 1. The van der Waals surface area contributed by atoms with Gasteiger partial charge >= 0.3 is 6.18 Å². The number of halogens is 3. The maximum atomic E-state index is 13.2. The molecular formula is C22H26F3N7O. The van der Waals surface area contributed by atoms with Crippen molar-refractivity contribution in [3.05, 3.63) is 30.2 Å². The maximum absolute atomic E-state index is 13.2. The SMILES string of the molecule is CCC(=O)NC1CCC(CNc2ncc(N)c(-c3c[nH]c4ncc(C(F)(F)F)cc34)n2)CC1. The van der Waals surface area contributed by atoms with Crippen molar-refractivity contribution in [1.29, 1.82) is 0 Å². The molecule has 33 heavy (non-hydrogen) atoms. The predicted molar refractivity (Wildman–Crippen MR) is 119 cm³/mol. The van der Waals surface area contributed by atoms with Gasteiger partial charge < -0.3 is 21.4 Å². The number of H-pyrrole nitrogens is 1. The van der Waals surface area contributed by atoms with Gasteiger partial charge in [0.15, 0.2) is 0 Å². The van der Waals surface area contributed by atoms with Crippen LogP contribution < -0.4 is 16.4 Å². The van der Waals surface area contributed by atoms with E-state index in [0.29, 0.717) is 41.7 Å². The van der Waals surface area contributed by atoms with Gasteiger partial charge in [0.25, 0.3) is 0 Å². The molecule has 4 rings (SSSR count). The van der Waals surface area contributed by atoms with Crippen LogP contribution in [0.5, 0.6) is 0 Å². The summed E-state index contributed by atoms with van der Waals surface area (Å²) in [5, 5.41) is 6.55. The molecule has 0 unspecified atom stereocenters. The zero-order valence-corrected chi connectivity index (χ0v) is 18.2. The fraction of sp³-hybridized carbons (Fsp3) is 0.455. The van der Waals surface area contributed by atoms with Crippen molar-refractivity contribution in [2.24, 2.45) is 5.92 Å². The molecule has 0 atom stereocenters. The number of alkyl halides is 3. The van der Waals surface area contributed by atoms with Gasteiger partial charge in [-0.3, -0.25) is 4.79 Å². The van der Waals surface area contributed by atoms with Crippen LogP contribution in [0.15, 0.2) is 24.7 Å². The first-order chi connectivity index (χ1) is 15.7. The summed E-state index contributed by atoms with van der Waals surface area (Å²) in [6.07, 6.45) is 3.57. The molecule has 1 fully saturated rings. The summed E-state index contributed by atoms with van der Waals surface area (Å²) in [7, 11) is 0. The summed E-state index contributed by atoms with van der Waals surface area (Å²) in [6, 6.07) is 1.27. The predicted octanol–water partition coefficient (Wildman–Crippen LogP) is 4.12. The normalized spacial score (nSPS) is 18.9.